The van der Waals surface area contributed by atoms with E-state index >= 15 is 0 Å². The number of carbonyl (C=O) groups excluding carboxylic acids is 1. The van der Waals surface area contributed by atoms with Crippen molar-refractivity contribution in [3.05, 3.63) is 68.6 Å². The van der Waals surface area contributed by atoms with Crippen LogP contribution in [0.3, 0.4) is 0 Å². The molecule has 2 aromatic carbocycles. The molecule has 1 heterocycles. The van der Waals surface area contributed by atoms with Gasteiger partial charge in [0.2, 0.25) is 5.91 Å². The van der Waals surface area contributed by atoms with Crippen LogP contribution in [0.2, 0.25) is 15.1 Å². The van der Waals surface area contributed by atoms with E-state index in [0.29, 0.717) is 26.4 Å². The van der Waals surface area contributed by atoms with Crippen molar-refractivity contribution in [1.82, 2.24) is 4.98 Å². The molecule has 0 saturated carbocycles. The molecular weight excluding hydrogens is 387 g/mol. The fourth-order valence-electron chi connectivity index (χ4n) is 2.08. The number of halogens is 3. The molecule has 0 spiro atoms. The highest BCUT2D eigenvalue weighted by Gasteiger charge is 2.12. The van der Waals surface area contributed by atoms with Gasteiger partial charge in [0.1, 0.15) is 5.01 Å². The van der Waals surface area contributed by atoms with Gasteiger partial charge in [0.15, 0.2) is 0 Å². The Hall–Kier alpha value is -1.59. The van der Waals surface area contributed by atoms with Crippen molar-refractivity contribution in [2.45, 2.75) is 6.42 Å². The molecule has 0 saturated heterocycles. The number of thiazole rings is 1. The minimum absolute atomic E-state index is 0.153. The molecule has 0 aliphatic carbocycles. The van der Waals surface area contributed by atoms with E-state index in [1.54, 1.807) is 0 Å². The Morgan fingerprint density at radius 1 is 1.04 bits per heavy atom. The summed E-state index contributed by atoms with van der Waals surface area (Å²) in [5.41, 5.74) is 2.16. The minimum atomic E-state index is -0.222. The zero-order valence-corrected chi connectivity index (χ0v) is 15.3. The number of nitrogens with one attached hydrogen (secondary N) is 1. The number of anilines is 1. The highest BCUT2D eigenvalue weighted by Crippen LogP contribution is 2.32. The molecule has 24 heavy (non-hydrogen) atoms. The van der Waals surface area contributed by atoms with E-state index in [2.05, 4.69) is 10.3 Å². The highest BCUT2D eigenvalue weighted by molar-refractivity contribution is 7.13. The monoisotopic (exact) mass is 396 g/mol. The van der Waals surface area contributed by atoms with E-state index in [4.69, 9.17) is 34.8 Å². The van der Waals surface area contributed by atoms with Gasteiger partial charge in [0, 0.05) is 10.9 Å². The molecule has 1 N–H and O–H groups in total. The van der Waals surface area contributed by atoms with Crippen LogP contribution in [-0.2, 0) is 11.2 Å². The van der Waals surface area contributed by atoms with Crippen LogP contribution in [-0.4, -0.2) is 10.9 Å². The molecule has 7 heteroatoms. The van der Waals surface area contributed by atoms with Crippen LogP contribution in [0.25, 0.3) is 10.6 Å². The Kier molecular flexibility index (Phi) is 5.41. The number of hydrogen-bond acceptors (Lipinski definition) is 3. The third kappa shape index (κ3) is 4.08. The predicted molar refractivity (Wildman–Crippen MR) is 101 cm³/mol. The normalized spacial score (nSPS) is 10.6. The standard InChI is InChI=1S/C17H11Cl3N2OS/c18-12-7-14(20)15(8-13(12)19)22-16(23)6-11-9-24-17(21-11)10-4-2-1-3-5-10/h1-5,7-9H,6H2,(H,22,23). The summed E-state index contributed by atoms with van der Waals surface area (Å²) in [6.45, 7) is 0. The molecule has 1 aromatic heterocycles. The van der Waals surface area contributed by atoms with E-state index in [1.807, 2.05) is 35.7 Å². The number of carbonyl (C=O) groups is 1. The van der Waals surface area contributed by atoms with Gasteiger partial charge >= 0.3 is 0 Å². The van der Waals surface area contributed by atoms with Gasteiger partial charge in [0.05, 0.1) is 32.9 Å². The molecular formula is C17H11Cl3N2OS. The maximum atomic E-state index is 12.2. The average Bonchev–Trinajstić information content (AvgIpc) is 3.02. The first kappa shape index (κ1) is 17.2. The Morgan fingerprint density at radius 2 is 1.75 bits per heavy atom. The number of amides is 1. The molecule has 3 aromatic rings. The molecule has 0 atom stereocenters. The topological polar surface area (TPSA) is 42.0 Å². The maximum Gasteiger partial charge on any atom is 0.230 e. The van der Waals surface area contributed by atoms with Gasteiger partial charge < -0.3 is 5.32 Å². The van der Waals surface area contributed by atoms with Crippen molar-refractivity contribution in [2.24, 2.45) is 0 Å². The SMILES string of the molecule is O=C(Cc1csc(-c2ccccc2)n1)Nc1cc(Cl)c(Cl)cc1Cl. The highest BCUT2D eigenvalue weighted by atomic mass is 35.5. The predicted octanol–water partition coefficient (Wildman–Crippen LogP) is 5.95. The molecule has 0 aliphatic rings. The second-order valence-corrected chi connectivity index (χ2v) is 7.06. The van der Waals surface area contributed by atoms with Crippen LogP contribution in [0.1, 0.15) is 5.69 Å². The summed E-state index contributed by atoms with van der Waals surface area (Å²) in [4.78, 5) is 16.7. The summed E-state index contributed by atoms with van der Waals surface area (Å²) >= 11 is 19.4. The lowest BCUT2D eigenvalue weighted by molar-refractivity contribution is -0.115. The summed E-state index contributed by atoms with van der Waals surface area (Å²) in [6.07, 6.45) is 0.153. The quantitative estimate of drug-likeness (QED) is 0.553. The van der Waals surface area contributed by atoms with Crippen molar-refractivity contribution >= 4 is 57.7 Å². The van der Waals surface area contributed by atoms with Crippen molar-refractivity contribution in [3.8, 4) is 10.6 Å². The van der Waals surface area contributed by atoms with Crippen LogP contribution in [0, 0.1) is 0 Å². The van der Waals surface area contributed by atoms with Gasteiger partial charge in [-0.15, -0.1) is 11.3 Å². The average molecular weight is 398 g/mol. The number of hydrogen-bond donors (Lipinski definition) is 1. The molecule has 0 unspecified atom stereocenters. The van der Waals surface area contributed by atoms with Crippen LogP contribution in [0.4, 0.5) is 5.69 Å². The van der Waals surface area contributed by atoms with Crippen LogP contribution < -0.4 is 5.32 Å². The number of benzene rings is 2. The molecule has 0 aliphatic heterocycles. The molecule has 3 rings (SSSR count). The third-order valence-corrected chi connectivity index (χ3v) is 5.17. The lowest BCUT2D eigenvalue weighted by Gasteiger charge is -2.08. The van der Waals surface area contributed by atoms with Crippen molar-refractivity contribution in [3.63, 3.8) is 0 Å². The first-order valence-electron chi connectivity index (χ1n) is 6.97. The van der Waals surface area contributed by atoms with E-state index in [1.165, 1.54) is 23.5 Å². The molecule has 1 amide bonds. The van der Waals surface area contributed by atoms with Gasteiger partial charge in [-0.2, -0.15) is 0 Å². The van der Waals surface area contributed by atoms with Crippen molar-refractivity contribution in [2.75, 3.05) is 5.32 Å². The second-order valence-electron chi connectivity index (χ2n) is 4.98. The van der Waals surface area contributed by atoms with Gasteiger partial charge in [-0.05, 0) is 12.1 Å². The Bertz CT molecular complexity index is 881. The number of aromatic nitrogens is 1. The van der Waals surface area contributed by atoms with E-state index in [0.717, 1.165) is 10.6 Å². The van der Waals surface area contributed by atoms with Crippen molar-refractivity contribution < 1.29 is 4.79 Å². The molecule has 0 bridgehead atoms. The Labute approximate surface area is 158 Å². The van der Waals surface area contributed by atoms with E-state index < -0.39 is 0 Å². The maximum absolute atomic E-state index is 12.2. The Balaban J connectivity index is 1.70. The number of nitrogens with zero attached hydrogens (tertiary/aromatic N) is 1. The largest absolute Gasteiger partial charge is 0.324 e. The summed E-state index contributed by atoms with van der Waals surface area (Å²) in [6, 6.07) is 12.9. The summed E-state index contributed by atoms with van der Waals surface area (Å²) in [5.74, 6) is -0.222. The fraction of sp³-hybridized carbons (Fsp3) is 0.0588. The zero-order chi connectivity index (χ0) is 17.1. The molecule has 3 nitrogen and oxygen atoms in total. The van der Waals surface area contributed by atoms with E-state index in [-0.39, 0.29) is 12.3 Å². The van der Waals surface area contributed by atoms with Gasteiger partial charge in [-0.25, -0.2) is 4.98 Å². The van der Waals surface area contributed by atoms with Gasteiger partial charge in [-0.1, -0.05) is 65.1 Å². The summed E-state index contributed by atoms with van der Waals surface area (Å²) < 4.78 is 0. The Morgan fingerprint density at radius 3 is 2.50 bits per heavy atom. The first-order valence-corrected chi connectivity index (χ1v) is 8.98. The lowest BCUT2D eigenvalue weighted by Crippen LogP contribution is -2.15. The fourth-order valence-corrected chi connectivity index (χ4v) is 3.50. The summed E-state index contributed by atoms with van der Waals surface area (Å²) in [5, 5.41) is 6.48. The van der Waals surface area contributed by atoms with E-state index in [9.17, 15) is 4.79 Å². The van der Waals surface area contributed by atoms with Gasteiger partial charge in [0.25, 0.3) is 0 Å². The molecule has 122 valence electrons. The summed E-state index contributed by atoms with van der Waals surface area (Å²) in [7, 11) is 0. The first-order chi connectivity index (χ1) is 11.5. The molecule has 0 radical (unpaired) electrons. The smallest absolute Gasteiger partial charge is 0.230 e. The van der Waals surface area contributed by atoms with Crippen molar-refractivity contribution in [1.29, 1.82) is 0 Å². The van der Waals surface area contributed by atoms with Crippen LogP contribution in [0.15, 0.2) is 47.8 Å². The molecule has 0 fully saturated rings. The lowest BCUT2D eigenvalue weighted by atomic mass is 10.2. The van der Waals surface area contributed by atoms with Gasteiger partial charge in [-0.3, -0.25) is 4.79 Å². The van der Waals surface area contributed by atoms with Crippen LogP contribution in [0.5, 0.6) is 0 Å². The minimum Gasteiger partial charge on any atom is -0.324 e. The number of rotatable bonds is 4. The zero-order valence-electron chi connectivity index (χ0n) is 12.2. The second kappa shape index (κ2) is 7.53. The third-order valence-electron chi connectivity index (χ3n) is 3.20. The van der Waals surface area contributed by atoms with Crippen LogP contribution >= 0.6 is 46.1 Å².